The molecule has 1 aromatic heterocycles. The Hall–Kier alpha value is -2.50. The molecule has 0 saturated carbocycles. The largest absolute Gasteiger partial charge is 0.478 e. The van der Waals surface area contributed by atoms with Crippen molar-refractivity contribution in [1.29, 1.82) is 0 Å². The first-order valence-corrected chi connectivity index (χ1v) is 4.81. The third-order valence-electron chi connectivity index (χ3n) is 2.32. The first-order valence-electron chi connectivity index (χ1n) is 4.81. The van der Waals surface area contributed by atoms with Crippen LogP contribution in [-0.4, -0.2) is 17.4 Å². The van der Waals surface area contributed by atoms with Crippen molar-refractivity contribution >= 4 is 12.3 Å². The van der Waals surface area contributed by atoms with E-state index in [9.17, 15) is 18.4 Å². The van der Waals surface area contributed by atoms with E-state index in [-0.39, 0.29) is 17.1 Å². The molecule has 0 amide bonds. The van der Waals surface area contributed by atoms with Gasteiger partial charge in [0, 0.05) is 5.56 Å². The van der Waals surface area contributed by atoms with Crippen molar-refractivity contribution in [2.75, 3.05) is 0 Å². The molecular weight excluding hydrogens is 246 g/mol. The van der Waals surface area contributed by atoms with Crippen LogP contribution in [0.5, 0.6) is 0 Å². The molecule has 0 fully saturated rings. The minimum Gasteiger partial charge on any atom is -0.478 e. The van der Waals surface area contributed by atoms with Crippen molar-refractivity contribution in [2.45, 2.75) is 0 Å². The van der Waals surface area contributed by atoms with Crippen LogP contribution in [0, 0.1) is 11.6 Å². The molecule has 0 aliphatic carbocycles. The number of aromatic carboxylic acids is 1. The molecule has 0 aliphatic heterocycles. The average Bonchev–Trinajstić information content (AvgIpc) is 2.80. The zero-order valence-electron chi connectivity index (χ0n) is 8.81. The molecule has 1 aromatic carbocycles. The van der Waals surface area contributed by atoms with Crippen molar-refractivity contribution < 1.29 is 27.9 Å². The Bertz CT molecular complexity index is 631. The molecule has 0 radical (unpaired) electrons. The second-order valence-corrected chi connectivity index (χ2v) is 3.41. The fourth-order valence-corrected chi connectivity index (χ4v) is 1.53. The van der Waals surface area contributed by atoms with Crippen LogP contribution in [0.4, 0.5) is 8.78 Å². The summed E-state index contributed by atoms with van der Waals surface area (Å²) in [7, 11) is 0. The molecule has 0 unspecified atom stereocenters. The molecule has 1 N–H and O–H groups in total. The number of carbonyl (C=O) groups is 2. The minimum atomic E-state index is -1.62. The topological polar surface area (TPSA) is 67.5 Å². The maximum absolute atomic E-state index is 13.4. The van der Waals surface area contributed by atoms with Crippen LogP contribution in [0.15, 0.2) is 28.7 Å². The van der Waals surface area contributed by atoms with Gasteiger partial charge in [-0.25, -0.2) is 13.6 Å². The predicted octanol–water partition coefficient (Wildman–Crippen LogP) is 2.74. The van der Waals surface area contributed by atoms with E-state index in [0.29, 0.717) is 6.29 Å². The van der Waals surface area contributed by atoms with Gasteiger partial charge in [-0.1, -0.05) is 0 Å². The number of carboxylic acid groups (broad SMARTS) is 1. The predicted molar refractivity (Wildman–Crippen MR) is 56.4 cm³/mol. The molecule has 0 atom stereocenters. The van der Waals surface area contributed by atoms with Crippen LogP contribution in [0.1, 0.15) is 20.9 Å². The summed E-state index contributed by atoms with van der Waals surface area (Å²) in [4.78, 5) is 21.4. The lowest BCUT2D eigenvalue weighted by Gasteiger charge is -2.05. The van der Waals surface area contributed by atoms with Crippen molar-refractivity contribution in [3.8, 4) is 11.3 Å². The van der Waals surface area contributed by atoms with Crippen molar-refractivity contribution in [3.63, 3.8) is 0 Å². The van der Waals surface area contributed by atoms with Crippen LogP contribution in [0.3, 0.4) is 0 Å². The van der Waals surface area contributed by atoms with E-state index in [1.54, 1.807) is 0 Å². The summed E-state index contributed by atoms with van der Waals surface area (Å²) in [6, 6.07) is 4.48. The van der Waals surface area contributed by atoms with Gasteiger partial charge in [-0.05, 0) is 24.3 Å². The van der Waals surface area contributed by atoms with Gasteiger partial charge in [0.05, 0.1) is 0 Å². The van der Waals surface area contributed by atoms with Gasteiger partial charge in [-0.2, -0.15) is 0 Å². The second kappa shape index (κ2) is 4.40. The van der Waals surface area contributed by atoms with E-state index in [1.807, 2.05) is 0 Å². The lowest BCUT2D eigenvalue weighted by atomic mass is 10.0. The summed E-state index contributed by atoms with van der Waals surface area (Å²) < 4.78 is 31.4. The number of carboxylic acids is 1. The van der Waals surface area contributed by atoms with Crippen molar-refractivity contribution in [2.24, 2.45) is 0 Å². The highest BCUT2D eigenvalue weighted by Crippen LogP contribution is 2.28. The van der Waals surface area contributed by atoms with Crippen LogP contribution in [0.2, 0.25) is 0 Å². The Morgan fingerprint density at radius 3 is 2.50 bits per heavy atom. The van der Waals surface area contributed by atoms with Crippen LogP contribution >= 0.6 is 0 Å². The van der Waals surface area contributed by atoms with Crippen LogP contribution < -0.4 is 0 Å². The molecule has 0 saturated heterocycles. The average molecular weight is 252 g/mol. The normalized spacial score (nSPS) is 10.3. The lowest BCUT2D eigenvalue weighted by Crippen LogP contribution is -2.05. The standard InChI is InChI=1S/C12H6F2O4/c13-8-3-2-7(10(11(8)14)12(16)17)9-4-1-6(5-15)18-9/h1-5H,(H,16,17). The van der Waals surface area contributed by atoms with Crippen LogP contribution in [0.25, 0.3) is 11.3 Å². The SMILES string of the molecule is O=Cc1ccc(-c2ccc(F)c(F)c2C(=O)O)o1. The van der Waals surface area contributed by atoms with E-state index >= 15 is 0 Å². The molecule has 1 heterocycles. The Kier molecular flexibility index (Phi) is 2.93. The number of halogens is 2. The number of carbonyl (C=O) groups excluding carboxylic acids is 1. The number of benzene rings is 1. The highest BCUT2D eigenvalue weighted by molar-refractivity contribution is 5.95. The van der Waals surface area contributed by atoms with E-state index in [4.69, 9.17) is 9.52 Å². The summed E-state index contributed by atoms with van der Waals surface area (Å²) in [6.07, 6.45) is 0.420. The Morgan fingerprint density at radius 2 is 1.94 bits per heavy atom. The maximum atomic E-state index is 13.4. The first kappa shape index (κ1) is 12.0. The molecule has 0 aliphatic rings. The zero-order valence-corrected chi connectivity index (χ0v) is 8.81. The van der Waals surface area contributed by atoms with E-state index in [2.05, 4.69) is 0 Å². The Morgan fingerprint density at radius 1 is 1.22 bits per heavy atom. The smallest absolute Gasteiger partial charge is 0.339 e. The van der Waals surface area contributed by atoms with Crippen molar-refractivity contribution in [3.05, 3.63) is 47.2 Å². The molecule has 0 spiro atoms. The van der Waals surface area contributed by atoms with Gasteiger partial charge in [-0.15, -0.1) is 0 Å². The first-order chi connectivity index (χ1) is 8.54. The minimum absolute atomic E-state index is 0.0200. The van der Waals surface area contributed by atoms with Gasteiger partial charge >= 0.3 is 5.97 Å². The van der Waals surface area contributed by atoms with Gasteiger partial charge in [0.25, 0.3) is 0 Å². The van der Waals surface area contributed by atoms with E-state index in [0.717, 1.165) is 12.1 Å². The highest BCUT2D eigenvalue weighted by atomic mass is 19.2. The molecule has 0 bridgehead atoms. The van der Waals surface area contributed by atoms with E-state index < -0.39 is 23.2 Å². The third kappa shape index (κ3) is 1.88. The maximum Gasteiger partial charge on any atom is 0.339 e. The van der Waals surface area contributed by atoms with Gasteiger partial charge in [0.2, 0.25) is 0 Å². The molecule has 4 nitrogen and oxygen atoms in total. The summed E-state index contributed by atoms with van der Waals surface area (Å²) in [6.45, 7) is 0. The fraction of sp³-hybridized carbons (Fsp3) is 0. The second-order valence-electron chi connectivity index (χ2n) is 3.41. The summed E-state index contributed by atoms with van der Waals surface area (Å²) in [5, 5.41) is 8.88. The summed E-state index contributed by atoms with van der Waals surface area (Å²) in [5.41, 5.74) is -0.962. The zero-order chi connectivity index (χ0) is 13.3. The molecule has 18 heavy (non-hydrogen) atoms. The van der Waals surface area contributed by atoms with Gasteiger partial charge in [0.15, 0.2) is 23.7 Å². The van der Waals surface area contributed by atoms with Crippen molar-refractivity contribution in [1.82, 2.24) is 0 Å². The monoisotopic (exact) mass is 252 g/mol. The summed E-state index contributed by atoms with van der Waals surface area (Å²) in [5.74, 6) is -4.41. The highest BCUT2D eigenvalue weighted by Gasteiger charge is 2.22. The Labute approximate surface area is 99.5 Å². The quantitative estimate of drug-likeness (QED) is 0.853. The van der Waals surface area contributed by atoms with Gasteiger partial charge in [0.1, 0.15) is 11.3 Å². The van der Waals surface area contributed by atoms with Crippen LogP contribution in [-0.2, 0) is 0 Å². The molecule has 6 heteroatoms. The molecule has 2 rings (SSSR count). The molecular formula is C12H6F2O4. The number of rotatable bonds is 3. The lowest BCUT2D eigenvalue weighted by molar-refractivity contribution is 0.0691. The molecule has 2 aromatic rings. The molecule has 92 valence electrons. The third-order valence-corrected chi connectivity index (χ3v) is 2.32. The van der Waals surface area contributed by atoms with E-state index in [1.165, 1.54) is 12.1 Å². The van der Waals surface area contributed by atoms with Gasteiger partial charge in [-0.3, -0.25) is 4.79 Å². The number of hydrogen-bond donors (Lipinski definition) is 1. The number of hydrogen-bond acceptors (Lipinski definition) is 3. The number of furan rings is 1. The summed E-state index contributed by atoms with van der Waals surface area (Å²) >= 11 is 0. The van der Waals surface area contributed by atoms with Gasteiger partial charge < -0.3 is 9.52 Å². The Balaban J connectivity index is 2.67. The fourth-order valence-electron chi connectivity index (χ4n) is 1.53. The number of aldehydes is 1.